The summed E-state index contributed by atoms with van der Waals surface area (Å²) in [5, 5.41) is 2.91. The van der Waals surface area contributed by atoms with E-state index in [1.807, 2.05) is 27.7 Å². The lowest BCUT2D eigenvalue weighted by Crippen LogP contribution is -2.50. The molecule has 0 aromatic rings. The van der Waals surface area contributed by atoms with E-state index in [-0.39, 0.29) is 17.9 Å². The van der Waals surface area contributed by atoms with E-state index in [1.54, 1.807) is 7.11 Å². The van der Waals surface area contributed by atoms with Gasteiger partial charge >= 0.3 is 0 Å². The van der Waals surface area contributed by atoms with Gasteiger partial charge in [0.25, 0.3) is 0 Å². The van der Waals surface area contributed by atoms with Crippen molar-refractivity contribution in [3.8, 4) is 0 Å². The van der Waals surface area contributed by atoms with Gasteiger partial charge in [-0.1, -0.05) is 27.7 Å². The Morgan fingerprint density at radius 3 is 2.13 bits per heavy atom. The molecule has 0 rings (SSSR count). The molecule has 2 unspecified atom stereocenters. The lowest BCUT2D eigenvalue weighted by Gasteiger charge is -2.24. The maximum absolute atomic E-state index is 11.7. The Hall–Kier alpha value is -0.610. The van der Waals surface area contributed by atoms with Gasteiger partial charge in [0.2, 0.25) is 5.91 Å². The van der Waals surface area contributed by atoms with Crippen LogP contribution in [0.5, 0.6) is 0 Å². The van der Waals surface area contributed by atoms with Crippen LogP contribution >= 0.6 is 0 Å². The number of rotatable bonds is 6. The molecular formula is C11H24N2O2. The molecule has 0 aromatic carbocycles. The number of carbonyl (C=O) groups excluding carboxylic acids is 1. The lowest BCUT2D eigenvalue weighted by atomic mass is 10.0. The highest BCUT2D eigenvalue weighted by atomic mass is 16.5. The first-order valence-electron chi connectivity index (χ1n) is 5.45. The summed E-state index contributed by atoms with van der Waals surface area (Å²) in [5.41, 5.74) is 5.75. The molecule has 0 bridgehead atoms. The van der Waals surface area contributed by atoms with Crippen molar-refractivity contribution in [1.29, 1.82) is 0 Å². The van der Waals surface area contributed by atoms with E-state index >= 15 is 0 Å². The number of methoxy groups -OCH3 is 1. The summed E-state index contributed by atoms with van der Waals surface area (Å²) in [5.74, 6) is 0.398. The Bertz CT molecular complexity index is 193. The molecule has 3 N–H and O–H groups in total. The largest absolute Gasteiger partial charge is 0.383 e. The van der Waals surface area contributed by atoms with Crippen molar-refractivity contribution in [1.82, 2.24) is 5.32 Å². The molecule has 0 radical (unpaired) electrons. The molecule has 0 aliphatic rings. The van der Waals surface area contributed by atoms with Gasteiger partial charge in [-0.15, -0.1) is 0 Å². The zero-order chi connectivity index (χ0) is 12.0. The quantitative estimate of drug-likeness (QED) is 0.689. The van der Waals surface area contributed by atoms with Crippen molar-refractivity contribution in [2.45, 2.75) is 39.8 Å². The van der Waals surface area contributed by atoms with Crippen LogP contribution in [0.2, 0.25) is 0 Å². The van der Waals surface area contributed by atoms with E-state index in [4.69, 9.17) is 10.5 Å². The van der Waals surface area contributed by atoms with Gasteiger partial charge in [-0.05, 0) is 11.8 Å². The molecular weight excluding hydrogens is 192 g/mol. The Morgan fingerprint density at radius 1 is 1.27 bits per heavy atom. The van der Waals surface area contributed by atoms with Gasteiger partial charge in [-0.25, -0.2) is 0 Å². The number of hydrogen-bond donors (Lipinski definition) is 2. The van der Waals surface area contributed by atoms with Crippen LogP contribution in [0.1, 0.15) is 27.7 Å². The maximum Gasteiger partial charge on any atom is 0.237 e. The third-order valence-electron chi connectivity index (χ3n) is 2.50. The van der Waals surface area contributed by atoms with Crippen molar-refractivity contribution in [3.63, 3.8) is 0 Å². The summed E-state index contributed by atoms with van der Waals surface area (Å²) in [4.78, 5) is 11.7. The first-order chi connectivity index (χ1) is 6.90. The number of hydrogen-bond acceptors (Lipinski definition) is 3. The van der Waals surface area contributed by atoms with E-state index in [9.17, 15) is 4.79 Å². The fourth-order valence-electron chi connectivity index (χ4n) is 1.16. The van der Waals surface area contributed by atoms with Crippen LogP contribution in [-0.2, 0) is 9.53 Å². The molecule has 0 aliphatic heterocycles. The lowest BCUT2D eigenvalue weighted by molar-refractivity contribution is -0.124. The minimum absolute atomic E-state index is 0.0345. The predicted octanol–water partition coefficient (Wildman–Crippen LogP) is 0.757. The summed E-state index contributed by atoms with van der Waals surface area (Å²) >= 11 is 0. The highest BCUT2D eigenvalue weighted by Gasteiger charge is 2.22. The number of nitrogens with one attached hydrogen (secondary N) is 1. The molecule has 0 saturated heterocycles. The van der Waals surface area contributed by atoms with Gasteiger partial charge in [0, 0.05) is 7.11 Å². The van der Waals surface area contributed by atoms with Crippen molar-refractivity contribution in [3.05, 3.63) is 0 Å². The molecule has 0 fully saturated rings. The van der Waals surface area contributed by atoms with Crippen LogP contribution in [-0.4, -0.2) is 31.7 Å². The van der Waals surface area contributed by atoms with Gasteiger partial charge in [-0.3, -0.25) is 4.79 Å². The number of nitrogens with two attached hydrogens (primary N) is 1. The third-order valence-corrected chi connectivity index (χ3v) is 2.50. The topological polar surface area (TPSA) is 64.3 Å². The highest BCUT2D eigenvalue weighted by Crippen LogP contribution is 2.04. The van der Waals surface area contributed by atoms with E-state index in [0.29, 0.717) is 12.5 Å². The van der Waals surface area contributed by atoms with Crippen molar-refractivity contribution in [2.75, 3.05) is 13.7 Å². The van der Waals surface area contributed by atoms with E-state index in [2.05, 4.69) is 5.32 Å². The molecule has 15 heavy (non-hydrogen) atoms. The first kappa shape index (κ1) is 14.4. The van der Waals surface area contributed by atoms with Crippen LogP contribution in [0, 0.1) is 11.8 Å². The standard InChI is InChI=1S/C11H24N2O2/c1-7(2)9(6-15-5)13-11(14)10(12)8(3)4/h7-10H,6,12H2,1-5H3,(H,13,14). The fraction of sp³-hybridized carbons (Fsp3) is 0.909. The second-order valence-electron chi connectivity index (χ2n) is 4.58. The maximum atomic E-state index is 11.7. The third kappa shape index (κ3) is 5.14. The Balaban J connectivity index is 4.22. The van der Waals surface area contributed by atoms with E-state index in [0.717, 1.165) is 0 Å². The monoisotopic (exact) mass is 216 g/mol. The zero-order valence-electron chi connectivity index (χ0n) is 10.4. The van der Waals surface area contributed by atoms with Gasteiger partial charge in [-0.2, -0.15) is 0 Å². The molecule has 0 aromatic heterocycles. The molecule has 1 amide bonds. The molecule has 4 heteroatoms. The van der Waals surface area contributed by atoms with Gasteiger partial charge < -0.3 is 15.8 Å². The molecule has 90 valence electrons. The van der Waals surface area contributed by atoms with Crippen LogP contribution in [0.4, 0.5) is 0 Å². The Labute approximate surface area is 92.6 Å². The summed E-state index contributed by atoms with van der Waals surface area (Å²) in [6.45, 7) is 8.49. The SMILES string of the molecule is COCC(NC(=O)C(N)C(C)C)C(C)C. The summed E-state index contributed by atoms with van der Waals surface area (Å²) in [6.07, 6.45) is 0. The van der Waals surface area contributed by atoms with Crippen molar-refractivity contribution >= 4 is 5.91 Å². The summed E-state index contributed by atoms with van der Waals surface area (Å²) < 4.78 is 5.05. The van der Waals surface area contributed by atoms with Gasteiger partial charge in [0.05, 0.1) is 18.7 Å². The normalized spacial score (nSPS) is 15.5. The second-order valence-corrected chi connectivity index (χ2v) is 4.58. The average molecular weight is 216 g/mol. The van der Waals surface area contributed by atoms with Crippen LogP contribution < -0.4 is 11.1 Å². The van der Waals surface area contributed by atoms with Crippen LogP contribution in [0.25, 0.3) is 0 Å². The van der Waals surface area contributed by atoms with Gasteiger partial charge in [0.15, 0.2) is 0 Å². The smallest absolute Gasteiger partial charge is 0.237 e. The molecule has 0 heterocycles. The molecule has 4 nitrogen and oxygen atoms in total. The Morgan fingerprint density at radius 2 is 1.80 bits per heavy atom. The zero-order valence-corrected chi connectivity index (χ0v) is 10.4. The molecule has 0 spiro atoms. The predicted molar refractivity (Wildman–Crippen MR) is 61.5 cm³/mol. The number of amides is 1. The minimum atomic E-state index is -0.442. The average Bonchev–Trinajstić information content (AvgIpc) is 2.15. The van der Waals surface area contributed by atoms with Crippen molar-refractivity contribution < 1.29 is 9.53 Å². The number of ether oxygens (including phenoxy) is 1. The van der Waals surface area contributed by atoms with E-state index < -0.39 is 6.04 Å². The van der Waals surface area contributed by atoms with Crippen molar-refractivity contribution in [2.24, 2.45) is 17.6 Å². The first-order valence-corrected chi connectivity index (χ1v) is 5.45. The minimum Gasteiger partial charge on any atom is -0.383 e. The summed E-state index contributed by atoms with van der Waals surface area (Å²) in [7, 11) is 1.63. The molecule has 2 atom stereocenters. The summed E-state index contributed by atoms with van der Waals surface area (Å²) in [6, 6.07) is -0.407. The second kappa shape index (κ2) is 6.80. The Kier molecular flexibility index (Phi) is 6.52. The molecule has 0 saturated carbocycles. The highest BCUT2D eigenvalue weighted by molar-refractivity contribution is 5.82. The fourth-order valence-corrected chi connectivity index (χ4v) is 1.16. The number of carbonyl (C=O) groups is 1. The van der Waals surface area contributed by atoms with E-state index in [1.165, 1.54) is 0 Å². The molecule has 0 aliphatic carbocycles. The van der Waals surface area contributed by atoms with Crippen LogP contribution in [0.3, 0.4) is 0 Å². The van der Waals surface area contributed by atoms with Gasteiger partial charge in [0.1, 0.15) is 0 Å². The van der Waals surface area contributed by atoms with Crippen LogP contribution in [0.15, 0.2) is 0 Å².